The van der Waals surface area contributed by atoms with E-state index in [1.54, 1.807) is 42.5 Å². The van der Waals surface area contributed by atoms with Crippen LogP contribution in [-0.4, -0.2) is 25.2 Å². The summed E-state index contributed by atoms with van der Waals surface area (Å²) in [6, 6.07) is 33.1. The summed E-state index contributed by atoms with van der Waals surface area (Å²) in [4.78, 5) is 25.1. The van der Waals surface area contributed by atoms with Crippen molar-refractivity contribution in [3.63, 3.8) is 0 Å². The molecule has 0 spiro atoms. The lowest BCUT2D eigenvalue weighted by Gasteiger charge is -2.09. The van der Waals surface area contributed by atoms with Crippen LogP contribution in [0.25, 0.3) is 0 Å². The molecule has 0 aliphatic carbocycles. The number of hydrogen-bond acceptors (Lipinski definition) is 5. The summed E-state index contributed by atoms with van der Waals surface area (Å²) in [6.45, 7) is 0.765. The van der Waals surface area contributed by atoms with Crippen LogP contribution in [0.15, 0.2) is 109 Å². The minimum atomic E-state index is -0.534. The molecule has 0 aliphatic rings. The molecular formula is C30H26O5. The molecule has 0 aliphatic heterocycles. The molecule has 0 N–H and O–H groups in total. The van der Waals surface area contributed by atoms with Gasteiger partial charge in [-0.25, -0.2) is 9.59 Å². The van der Waals surface area contributed by atoms with Crippen molar-refractivity contribution in [2.24, 2.45) is 0 Å². The number of hydrogen-bond donors (Lipinski definition) is 0. The zero-order valence-electron chi connectivity index (χ0n) is 19.3. The van der Waals surface area contributed by atoms with E-state index in [2.05, 4.69) is 0 Å². The summed E-state index contributed by atoms with van der Waals surface area (Å²) < 4.78 is 16.7. The van der Waals surface area contributed by atoms with E-state index < -0.39 is 11.9 Å². The fourth-order valence-electron chi connectivity index (χ4n) is 3.49. The Kier molecular flexibility index (Phi) is 8.28. The standard InChI is InChI=1S/C30H26O5/c31-29(34-20-18-24-11-5-2-6-12-24)25-13-8-16-28(22-25)35-30(32)26-14-7-15-27(21-26)33-19-17-23-9-3-1-4-10-23/h1-16,21-22H,17-20H2. The molecule has 0 aromatic heterocycles. The molecule has 0 fully saturated rings. The van der Waals surface area contributed by atoms with Gasteiger partial charge in [0.15, 0.2) is 0 Å². The molecule has 5 nitrogen and oxygen atoms in total. The Bertz CT molecular complexity index is 1250. The van der Waals surface area contributed by atoms with Gasteiger partial charge in [-0.3, -0.25) is 0 Å². The van der Waals surface area contributed by atoms with E-state index in [4.69, 9.17) is 14.2 Å². The highest BCUT2D eigenvalue weighted by molar-refractivity contribution is 5.93. The average Bonchev–Trinajstić information content (AvgIpc) is 2.90. The number of ether oxygens (including phenoxy) is 3. The van der Waals surface area contributed by atoms with Crippen LogP contribution in [0.3, 0.4) is 0 Å². The van der Waals surface area contributed by atoms with Crippen LogP contribution in [0.2, 0.25) is 0 Å². The summed E-state index contributed by atoms with van der Waals surface area (Å²) in [7, 11) is 0. The molecule has 4 rings (SSSR count). The Morgan fingerprint density at radius 3 is 1.74 bits per heavy atom. The van der Waals surface area contributed by atoms with E-state index in [0.29, 0.717) is 29.9 Å². The summed E-state index contributed by atoms with van der Waals surface area (Å²) in [5.74, 6) is -0.144. The molecule has 0 saturated heterocycles. The highest BCUT2D eigenvalue weighted by Gasteiger charge is 2.13. The quantitative estimate of drug-likeness (QED) is 0.214. The first-order valence-electron chi connectivity index (χ1n) is 11.5. The van der Waals surface area contributed by atoms with Crippen LogP contribution in [0, 0.1) is 0 Å². The molecule has 0 unspecified atom stereocenters. The molecule has 0 heterocycles. The third-order valence-electron chi connectivity index (χ3n) is 5.32. The van der Waals surface area contributed by atoms with Crippen molar-refractivity contribution < 1.29 is 23.8 Å². The Morgan fingerprint density at radius 1 is 0.543 bits per heavy atom. The zero-order valence-corrected chi connectivity index (χ0v) is 19.3. The lowest BCUT2D eigenvalue weighted by Crippen LogP contribution is -2.11. The predicted octanol–water partition coefficient (Wildman–Crippen LogP) is 5.93. The molecule has 0 bridgehead atoms. The Morgan fingerprint density at radius 2 is 1.09 bits per heavy atom. The van der Waals surface area contributed by atoms with Crippen LogP contribution in [0.5, 0.6) is 11.5 Å². The molecule has 0 amide bonds. The number of carbonyl (C=O) groups is 2. The first-order chi connectivity index (χ1) is 17.2. The average molecular weight is 467 g/mol. The predicted molar refractivity (Wildman–Crippen MR) is 134 cm³/mol. The summed E-state index contributed by atoms with van der Waals surface area (Å²) in [6.07, 6.45) is 1.40. The molecule has 4 aromatic carbocycles. The van der Waals surface area contributed by atoms with Crippen LogP contribution in [-0.2, 0) is 17.6 Å². The first kappa shape index (κ1) is 23.8. The van der Waals surface area contributed by atoms with Gasteiger partial charge in [-0.15, -0.1) is 0 Å². The highest BCUT2D eigenvalue weighted by atomic mass is 16.5. The van der Waals surface area contributed by atoms with Gasteiger partial charge in [-0.2, -0.15) is 0 Å². The monoisotopic (exact) mass is 466 g/mol. The van der Waals surface area contributed by atoms with Gasteiger partial charge in [0.1, 0.15) is 11.5 Å². The maximum atomic E-state index is 12.7. The molecular weight excluding hydrogens is 440 g/mol. The number of carbonyl (C=O) groups excluding carboxylic acids is 2. The molecule has 4 aromatic rings. The van der Waals surface area contributed by atoms with Crippen molar-refractivity contribution >= 4 is 11.9 Å². The Labute approximate surface area is 204 Å². The molecule has 176 valence electrons. The highest BCUT2D eigenvalue weighted by Crippen LogP contribution is 2.19. The third kappa shape index (κ3) is 7.30. The Hall–Kier alpha value is -4.38. The topological polar surface area (TPSA) is 61.8 Å². The minimum Gasteiger partial charge on any atom is -0.493 e. The summed E-state index contributed by atoms with van der Waals surface area (Å²) in [5.41, 5.74) is 2.95. The number of benzene rings is 4. The second-order valence-electron chi connectivity index (χ2n) is 7.90. The summed E-state index contributed by atoms with van der Waals surface area (Å²) in [5, 5.41) is 0. The van der Waals surface area contributed by atoms with Gasteiger partial charge < -0.3 is 14.2 Å². The largest absolute Gasteiger partial charge is 0.493 e. The van der Waals surface area contributed by atoms with Crippen molar-refractivity contribution in [3.05, 3.63) is 131 Å². The van der Waals surface area contributed by atoms with Crippen molar-refractivity contribution in [2.75, 3.05) is 13.2 Å². The molecule has 35 heavy (non-hydrogen) atoms. The normalized spacial score (nSPS) is 10.4. The molecule has 0 atom stereocenters. The van der Waals surface area contributed by atoms with Crippen LogP contribution in [0.1, 0.15) is 31.8 Å². The molecule has 0 radical (unpaired) electrons. The van der Waals surface area contributed by atoms with Gasteiger partial charge >= 0.3 is 11.9 Å². The van der Waals surface area contributed by atoms with E-state index in [9.17, 15) is 9.59 Å². The van der Waals surface area contributed by atoms with Crippen LogP contribution < -0.4 is 9.47 Å². The van der Waals surface area contributed by atoms with Gasteiger partial charge in [0.2, 0.25) is 0 Å². The van der Waals surface area contributed by atoms with Crippen molar-refractivity contribution in [1.29, 1.82) is 0 Å². The van der Waals surface area contributed by atoms with E-state index in [1.807, 2.05) is 60.7 Å². The van der Waals surface area contributed by atoms with Gasteiger partial charge in [-0.05, 0) is 47.5 Å². The fourth-order valence-corrected chi connectivity index (χ4v) is 3.49. The number of rotatable bonds is 10. The Balaban J connectivity index is 1.30. The van der Waals surface area contributed by atoms with Crippen molar-refractivity contribution in [1.82, 2.24) is 0 Å². The van der Waals surface area contributed by atoms with Gasteiger partial charge in [-0.1, -0.05) is 72.8 Å². The fraction of sp³-hybridized carbons (Fsp3) is 0.133. The van der Waals surface area contributed by atoms with E-state index >= 15 is 0 Å². The van der Waals surface area contributed by atoms with E-state index in [1.165, 1.54) is 11.6 Å². The maximum Gasteiger partial charge on any atom is 0.343 e. The lowest BCUT2D eigenvalue weighted by molar-refractivity contribution is 0.0507. The number of esters is 2. The third-order valence-corrected chi connectivity index (χ3v) is 5.32. The first-order valence-corrected chi connectivity index (χ1v) is 11.5. The van der Waals surface area contributed by atoms with E-state index in [0.717, 1.165) is 12.0 Å². The second kappa shape index (κ2) is 12.2. The van der Waals surface area contributed by atoms with Crippen molar-refractivity contribution in [3.8, 4) is 11.5 Å². The van der Waals surface area contributed by atoms with Gasteiger partial charge in [0, 0.05) is 12.8 Å². The SMILES string of the molecule is O=C(OCCc1ccccc1)c1cccc(OC(=O)c2cccc(OCCc3ccccc3)c2)c1. The zero-order chi connectivity index (χ0) is 24.3. The van der Waals surface area contributed by atoms with Crippen LogP contribution >= 0.6 is 0 Å². The van der Waals surface area contributed by atoms with E-state index in [-0.39, 0.29) is 12.4 Å². The molecule has 5 heteroatoms. The maximum absolute atomic E-state index is 12.7. The van der Waals surface area contributed by atoms with Crippen molar-refractivity contribution in [2.45, 2.75) is 12.8 Å². The smallest absolute Gasteiger partial charge is 0.343 e. The molecule has 0 saturated carbocycles. The lowest BCUT2D eigenvalue weighted by atomic mass is 10.1. The summed E-state index contributed by atoms with van der Waals surface area (Å²) >= 11 is 0. The van der Waals surface area contributed by atoms with Gasteiger partial charge in [0.05, 0.1) is 24.3 Å². The van der Waals surface area contributed by atoms with Crippen LogP contribution in [0.4, 0.5) is 0 Å². The minimum absolute atomic E-state index is 0.267. The van der Waals surface area contributed by atoms with Gasteiger partial charge in [0.25, 0.3) is 0 Å². The second-order valence-corrected chi connectivity index (χ2v) is 7.90.